The molecule has 0 saturated carbocycles. The van der Waals surface area contributed by atoms with Crippen molar-refractivity contribution in [3.63, 3.8) is 0 Å². The van der Waals surface area contributed by atoms with Gasteiger partial charge in [0.1, 0.15) is 5.82 Å². The third-order valence-electron chi connectivity index (χ3n) is 5.64. The molecular formula is C27H29N3. The van der Waals surface area contributed by atoms with Crippen molar-refractivity contribution in [2.75, 3.05) is 0 Å². The Bertz CT molecular complexity index is 1190. The molecule has 0 atom stereocenters. The van der Waals surface area contributed by atoms with E-state index >= 15 is 0 Å². The Morgan fingerprint density at radius 2 is 1.37 bits per heavy atom. The maximum Gasteiger partial charge on any atom is 0.168 e. The molecule has 0 spiro atoms. The molecule has 3 heteroatoms. The van der Waals surface area contributed by atoms with Crippen molar-refractivity contribution in [1.82, 2.24) is 14.8 Å². The minimum Gasteiger partial charge on any atom is -0.278 e. The number of aromatic nitrogens is 3. The Labute approximate surface area is 179 Å². The molecule has 0 saturated heterocycles. The van der Waals surface area contributed by atoms with E-state index in [-0.39, 0.29) is 5.92 Å². The van der Waals surface area contributed by atoms with E-state index in [1.165, 1.54) is 39.1 Å². The zero-order valence-electron chi connectivity index (χ0n) is 18.7. The van der Waals surface area contributed by atoms with Crippen LogP contribution in [0.25, 0.3) is 28.2 Å². The van der Waals surface area contributed by atoms with E-state index in [0.717, 1.165) is 17.2 Å². The minimum absolute atomic E-state index is 0.269. The van der Waals surface area contributed by atoms with Crippen LogP contribution in [0.4, 0.5) is 0 Å². The van der Waals surface area contributed by atoms with Gasteiger partial charge in [-0.2, -0.15) is 0 Å². The SMILES string of the molecule is Cc1cc(C)c(-n2c(-c3cccc(-c4ccccc4C)c3)nnc2C(C)C)c(C)c1. The van der Waals surface area contributed by atoms with Gasteiger partial charge in [-0.15, -0.1) is 10.2 Å². The van der Waals surface area contributed by atoms with Crippen molar-refractivity contribution in [3.05, 3.63) is 88.7 Å². The third-order valence-corrected chi connectivity index (χ3v) is 5.64. The maximum absolute atomic E-state index is 4.66. The molecule has 3 nitrogen and oxygen atoms in total. The molecule has 3 aromatic carbocycles. The highest BCUT2D eigenvalue weighted by molar-refractivity contribution is 5.73. The molecule has 0 bridgehead atoms. The summed E-state index contributed by atoms with van der Waals surface area (Å²) in [4.78, 5) is 0. The van der Waals surface area contributed by atoms with Crippen LogP contribution in [-0.4, -0.2) is 14.8 Å². The quantitative estimate of drug-likeness (QED) is 0.374. The van der Waals surface area contributed by atoms with E-state index < -0.39 is 0 Å². The van der Waals surface area contributed by atoms with Crippen molar-refractivity contribution in [3.8, 4) is 28.2 Å². The molecule has 0 unspecified atom stereocenters. The Kier molecular flexibility index (Phi) is 5.29. The standard InChI is InChI=1S/C27H29N3/c1-17(2)26-28-29-27(30(26)25-20(5)14-18(3)15-21(25)6)23-12-9-11-22(16-23)24-13-8-7-10-19(24)4/h7-17H,1-6H3. The predicted octanol–water partition coefficient (Wildman–Crippen LogP) is 6.96. The van der Waals surface area contributed by atoms with Crippen LogP contribution in [0.2, 0.25) is 0 Å². The Hall–Kier alpha value is -3.20. The van der Waals surface area contributed by atoms with Gasteiger partial charge in [0.15, 0.2) is 5.82 Å². The van der Waals surface area contributed by atoms with Gasteiger partial charge in [-0.25, -0.2) is 0 Å². The molecule has 0 fully saturated rings. The fraction of sp³-hybridized carbons (Fsp3) is 0.259. The summed E-state index contributed by atoms with van der Waals surface area (Å²) in [6.45, 7) is 13.0. The second kappa shape index (κ2) is 7.91. The Morgan fingerprint density at radius 1 is 0.700 bits per heavy atom. The molecule has 4 aromatic rings. The molecule has 0 N–H and O–H groups in total. The highest BCUT2D eigenvalue weighted by Gasteiger charge is 2.21. The highest BCUT2D eigenvalue weighted by Crippen LogP contribution is 2.33. The lowest BCUT2D eigenvalue weighted by Gasteiger charge is -2.18. The number of nitrogens with zero attached hydrogens (tertiary/aromatic N) is 3. The summed E-state index contributed by atoms with van der Waals surface area (Å²) in [5, 5.41) is 9.26. The second-order valence-corrected chi connectivity index (χ2v) is 8.51. The van der Waals surface area contributed by atoms with Gasteiger partial charge < -0.3 is 0 Å². The average Bonchev–Trinajstić information content (AvgIpc) is 3.12. The van der Waals surface area contributed by atoms with E-state index in [0.29, 0.717) is 0 Å². The van der Waals surface area contributed by atoms with Gasteiger partial charge >= 0.3 is 0 Å². The lowest BCUT2D eigenvalue weighted by Crippen LogP contribution is -2.08. The highest BCUT2D eigenvalue weighted by atomic mass is 15.3. The fourth-order valence-electron chi connectivity index (χ4n) is 4.33. The van der Waals surface area contributed by atoms with Gasteiger partial charge in [-0.1, -0.05) is 74.0 Å². The molecular weight excluding hydrogens is 366 g/mol. The van der Waals surface area contributed by atoms with Crippen LogP contribution in [0.15, 0.2) is 60.7 Å². The molecule has 1 heterocycles. The molecule has 1 aromatic heterocycles. The number of hydrogen-bond acceptors (Lipinski definition) is 2. The smallest absolute Gasteiger partial charge is 0.168 e. The largest absolute Gasteiger partial charge is 0.278 e. The molecule has 0 aliphatic rings. The molecule has 0 aliphatic carbocycles. The van der Waals surface area contributed by atoms with Crippen LogP contribution < -0.4 is 0 Å². The van der Waals surface area contributed by atoms with Crippen molar-refractivity contribution in [2.45, 2.75) is 47.5 Å². The molecule has 30 heavy (non-hydrogen) atoms. The Balaban J connectivity index is 1.94. The summed E-state index contributed by atoms with van der Waals surface area (Å²) in [6, 6.07) is 21.6. The van der Waals surface area contributed by atoms with Crippen LogP contribution >= 0.6 is 0 Å². The van der Waals surface area contributed by atoms with Crippen molar-refractivity contribution >= 4 is 0 Å². The monoisotopic (exact) mass is 395 g/mol. The predicted molar refractivity (Wildman–Crippen MR) is 125 cm³/mol. The van der Waals surface area contributed by atoms with Crippen LogP contribution in [0.5, 0.6) is 0 Å². The van der Waals surface area contributed by atoms with Crippen LogP contribution in [-0.2, 0) is 0 Å². The van der Waals surface area contributed by atoms with Gasteiger partial charge in [0.2, 0.25) is 0 Å². The van der Waals surface area contributed by atoms with Crippen molar-refractivity contribution in [1.29, 1.82) is 0 Å². The average molecular weight is 396 g/mol. The summed E-state index contributed by atoms with van der Waals surface area (Å²) in [6.07, 6.45) is 0. The molecule has 0 amide bonds. The second-order valence-electron chi connectivity index (χ2n) is 8.51. The summed E-state index contributed by atoms with van der Waals surface area (Å²) in [5.74, 6) is 2.15. The van der Waals surface area contributed by atoms with Crippen molar-refractivity contribution < 1.29 is 0 Å². The first-order chi connectivity index (χ1) is 14.4. The van der Waals surface area contributed by atoms with Gasteiger partial charge in [0.25, 0.3) is 0 Å². The lowest BCUT2D eigenvalue weighted by molar-refractivity contribution is 0.743. The number of rotatable bonds is 4. The topological polar surface area (TPSA) is 30.7 Å². The van der Waals surface area contributed by atoms with E-state index in [2.05, 4.69) is 117 Å². The maximum atomic E-state index is 4.66. The fourth-order valence-corrected chi connectivity index (χ4v) is 4.33. The molecule has 4 rings (SSSR count). The lowest BCUT2D eigenvalue weighted by atomic mass is 9.98. The normalized spacial score (nSPS) is 11.3. The Morgan fingerprint density at radius 3 is 2.03 bits per heavy atom. The number of hydrogen-bond donors (Lipinski definition) is 0. The first kappa shape index (κ1) is 20.1. The summed E-state index contributed by atoms with van der Waals surface area (Å²) in [7, 11) is 0. The summed E-state index contributed by atoms with van der Waals surface area (Å²) < 4.78 is 2.26. The zero-order chi connectivity index (χ0) is 21.4. The summed E-state index contributed by atoms with van der Waals surface area (Å²) in [5.41, 5.74) is 9.73. The zero-order valence-corrected chi connectivity index (χ0v) is 18.7. The third kappa shape index (κ3) is 3.56. The van der Waals surface area contributed by atoms with E-state index in [9.17, 15) is 0 Å². The van der Waals surface area contributed by atoms with Gasteiger partial charge in [0.05, 0.1) is 5.69 Å². The van der Waals surface area contributed by atoms with Gasteiger partial charge in [-0.05, 0) is 61.6 Å². The molecule has 0 aliphatic heterocycles. The first-order valence-electron chi connectivity index (χ1n) is 10.6. The molecule has 152 valence electrons. The van der Waals surface area contributed by atoms with Crippen LogP contribution in [0.1, 0.15) is 47.8 Å². The van der Waals surface area contributed by atoms with Gasteiger partial charge in [0, 0.05) is 11.5 Å². The van der Waals surface area contributed by atoms with E-state index in [1.807, 2.05) is 0 Å². The molecule has 0 radical (unpaired) electrons. The number of aryl methyl sites for hydroxylation is 4. The van der Waals surface area contributed by atoms with Crippen molar-refractivity contribution in [2.24, 2.45) is 0 Å². The van der Waals surface area contributed by atoms with Gasteiger partial charge in [-0.3, -0.25) is 4.57 Å². The van der Waals surface area contributed by atoms with Crippen LogP contribution in [0, 0.1) is 27.7 Å². The van der Waals surface area contributed by atoms with E-state index in [1.54, 1.807) is 0 Å². The van der Waals surface area contributed by atoms with E-state index in [4.69, 9.17) is 0 Å². The minimum atomic E-state index is 0.269. The summed E-state index contributed by atoms with van der Waals surface area (Å²) >= 11 is 0. The number of benzene rings is 3. The van der Waals surface area contributed by atoms with Crippen LogP contribution in [0.3, 0.4) is 0 Å². The first-order valence-corrected chi connectivity index (χ1v) is 10.6.